The van der Waals surface area contributed by atoms with Gasteiger partial charge in [0.2, 0.25) is 5.91 Å². The van der Waals surface area contributed by atoms with Gasteiger partial charge in [-0.2, -0.15) is 0 Å². The van der Waals surface area contributed by atoms with Gasteiger partial charge in [0.15, 0.2) is 0 Å². The summed E-state index contributed by atoms with van der Waals surface area (Å²) in [5.41, 5.74) is 4.08. The predicted octanol–water partition coefficient (Wildman–Crippen LogP) is 4.70. The van der Waals surface area contributed by atoms with E-state index < -0.39 is 10.0 Å². The maximum atomic E-state index is 13.5. The molecule has 1 N–H and O–H groups in total. The average molecular weight is 469 g/mol. The highest BCUT2D eigenvalue weighted by atomic mass is 32.2. The van der Waals surface area contributed by atoms with Crippen LogP contribution in [0.1, 0.15) is 28.7 Å². The summed E-state index contributed by atoms with van der Waals surface area (Å²) < 4.78 is 41.2. The molecule has 0 aromatic heterocycles. The number of halogens is 1. The van der Waals surface area contributed by atoms with Crippen molar-refractivity contribution in [1.82, 2.24) is 5.32 Å². The normalized spacial score (nSPS) is 11.3. The van der Waals surface area contributed by atoms with Crippen LogP contribution in [0.4, 0.5) is 10.1 Å². The van der Waals surface area contributed by atoms with Crippen molar-refractivity contribution < 1.29 is 17.6 Å². The number of nitrogens with one attached hydrogen (secondary N) is 1. The molecule has 0 unspecified atom stereocenters. The molecule has 0 radical (unpaired) electrons. The van der Waals surface area contributed by atoms with Crippen molar-refractivity contribution in [2.75, 3.05) is 17.4 Å². The van der Waals surface area contributed by atoms with Crippen LogP contribution in [-0.2, 0) is 21.2 Å². The lowest BCUT2D eigenvalue weighted by Crippen LogP contribution is -2.41. The fourth-order valence-electron chi connectivity index (χ4n) is 3.48. The molecule has 0 aliphatic rings. The molecule has 7 heteroatoms. The average Bonchev–Trinajstić information content (AvgIpc) is 2.78. The lowest BCUT2D eigenvalue weighted by molar-refractivity contribution is -0.119. The Hall–Kier alpha value is -3.19. The Kier molecular flexibility index (Phi) is 7.87. The van der Waals surface area contributed by atoms with E-state index in [1.807, 2.05) is 32.9 Å². The molecular formula is C26H29FN2O3S. The largest absolute Gasteiger partial charge is 0.355 e. The number of anilines is 1. The summed E-state index contributed by atoms with van der Waals surface area (Å²) in [6, 6.07) is 18.4. The maximum Gasteiger partial charge on any atom is 0.264 e. The van der Waals surface area contributed by atoms with Crippen molar-refractivity contribution in [2.45, 2.75) is 38.5 Å². The summed E-state index contributed by atoms with van der Waals surface area (Å²) in [6.07, 6.45) is 1.34. The SMILES string of the molecule is Cc1ccc(S(=O)(=O)N(CC(=O)NCCCc2ccc(F)cc2)c2cc(C)ccc2C)cc1. The summed E-state index contributed by atoms with van der Waals surface area (Å²) in [5.74, 6) is -0.668. The quantitative estimate of drug-likeness (QED) is 0.463. The third-order valence-electron chi connectivity index (χ3n) is 5.41. The van der Waals surface area contributed by atoms with Gasteiger partial charge >= 0.3 is 0 Å². The maximum absolute atomic E-state index is 13.5. The minimum atomic E-state index is -3.95. The standard InChI is InChI=1S/C26H29FN2O3S/c1-19-7-14-24(15-8-19)33(31,32)29(25-17-20(2)6-9-21(25)3)18-26(30)28-16-4-5-22-10-12-23(27)13-11-22/h6-15,17H,4-5,16,18H2,1-3H3,(H,28,30). The zero-order valence-electron chi connectivity index (χ0n) is 19.1. The van der Waals surface area contributed by atoms with Gasteiger partial charge in [-0.1, -0.05) is 42.0 Å². The minimum Gasteiger partial charge on any atom is -0.355 e. The van der Waals surface area contributed by atoms with Crippen LogP contribution in [0.25, 0.3) is 0 Å². The molecule has 0 saturated heterocycles. The molecule has 3 aromatic carbocycles. The lowest BCUT2D eigenvalue weighted by atomic mass is 10.1. The first-order valence-electron chi connectivity index (χ1n) is 10.8. The van der Waals surface area contributed by atoms with Crippen LogP contribution in [0.2, 0.25) is 0 Å². The zero-order chi connectivity index (χ0) is 24.0. The Bertz CT molecular complexity index is 1210. The van der Waals surface area contributed by atoms with E-state index in [-0.39, 0.29) is 23.2 Å². The number of hydrogen-bond donors (Lipinski definition) is 1. The summed E-state index contributed by atoms with van der Waals surface area (Å²) in [5, 5.41) is 2.81. The van der Waals surface area contributed by atoms with Crippen molar-refractivity contribution in [3.05, 3.63) is 94.8 Å². The highest BCUT2D eigenvalue weighted by Gasteiger charge is 2.28. The van der Waals surface area contributed by atoms with Gasteiger partial charge in [0.05, 0.1) is 10.6 Å². The van der Waals surface area contributed by atoms with E-state index in [9.17, 15) is 17.6 Å². The second-order valence-corrected chi connectivity index (χ2v) is 10.1. The van der Waals surface area contributed by atoms with Gasteiger partial charge in [0.1, 0.15) is 12.4 Å². The van der Waals surface area contributed by atoms with Crippen LogP contribution in [0, 0.1) is 26.6 Å². The Labute approximate surface area is 195 Å². The van der Waals surface area contributed by atoms with E-state index in [1.54, 1.807) is 42.5 Å². The number of sulfonamides is 1. The molecule has 0 aliphatic carbocycles. The second kappa shape index (κ2) is 10.6. The number of benzene rings is 3. The van der Waals surface area contributed by atoms with Gasteiger partial charge in [-0.25, -0.2) is 12.8 Å². The van der Waals surface area contributed by atoms with Crippen LogP contribution in [-0.4, -0.2) is 27.4 Å². The second-order valence-electron chi connectivity index (χ2n) is 8.19. The van der Waals surface area contributed by atoms with E-state index in [2.05, 4.69) is 5.32 Å². The minimum absolute atomic E-state index is 0.137. The highest BCUT2D eigenvalue weighted by molar-refractivity contribution is 7.92. The molecule has 33 heavy (non-hydrogen) atoms. The smallest absolute Gasteiger partial charge is 0.264 e. The molecule has 0 heterocycles. The molecule has 0 saturated carbocycles. The molecule has 0 fully saturated rings. The van der Waals surface area contributed by atoms with Crippen molar-refractivity contribution in [1.29, 1.82) is 0 Å². The summed E-state index contributed by atoms with van der Waals surface area (Å²) in [7, 11) is -3.95. The Balaban J connectivity index is 1.75. The number of aryl methyl sites for hydroxylation is 4. The van der Waals surface area contributed by atoms with E-state index >= 15 is 0 Å². The predicted molar refractivity (Wildman–Crippen MR) is 129 cm³/mol. The zero-order valence-corrected chi connectivity index (χ0v) is 20.0. The first-order chi connectivity index (χ1) is 15.7. The van der Waals surface area contributed by atoms with Crippen LogP contribution in [0.15, 0.2) is 71.6 Å². The molecular weight excluding hydrogens is 439 g/mol. The number of hydrogen-bond acceptors (Lipinski definition) is 3. The van der Waals surface area contributed by atoms with Gasteiger partial charge in [-0.15, -0.1) is 0 Å². The van der Waals surface area contributed by atoms with Crippen molar-refractivity contribution in [2.24, 2.45) is 0 Å². The van der Waals surface area contributed by atoms with Gasteiger partial charge in [-0.3, -0.25) is 9.10 Å². The summed E-state index contributed by atoms with van der Waals surface area (Å²) >= 11 is 0. The van der Waals surface area contributed by atoms with E-state index in [0.717, 1.165) is 22.3 Å². The Morgan fingerprint density at radius 1 is 0.909 bits per heavy atom. The van der Waals surface area contributed by atoms with Crippen molar-refractivity contribution >= 4 is 21.6 Å². The Morgan fingerprint density at radius 3 is 2.21 bits per heavy atom. The highest BCUT2D eigenvalue weighted by Crippen LogP contribution is 2.28. The third kappa shape index (κ3) is 6.42. The number of amides is 1. The third-order valence-corrected chi connectivity index (χ3v) is 7.18. The van der Waals surface area contributed by atoms with Crippen molar-refractivity contribution in [3.8, 4) is 0 Å². The fraction of sp³-hybridized carbons (Fsp3) is 0.269. The molecule has 5 nitrogen and oxygen atoms in total. The number of carbonyl (C=O) groups is 1. The monoisotopic (exact) mass is 468 g/mol. The summed E-state index contributed by atoms with van der Waals surface area (Å²) in [4.78, 5) is 12.9. The first kappa shape index (κ1) is 24.5. The van der Waals surface area contributed by atoms with E-state index in [1.165, 1.54) is 16.4 Å². The molecule has 174 valence electrons. The molecule has 0 bridgehead atoms. The topological polar surface area (TPSA) is 66.5 Å². The van der Waals surface area contributed by atoms with Gasteiger partial charge in [-0.05, 0) is 80.6 Å². The van der Waals surface area contributed by atoms with Crippen LogP contribution >= 0.6 is 0 Å². The molecule has 3 rings (SSSR count). The van der Waals surface area contributed by atoms with Crippen molar-refractivity contribution in [3.63, 3.8) is 0 Å². The summed E-state index contributed by atoms with van der Waals surface area (Å²) in [6.45, 7) is 5.67. The Morgan fingerprint density at radius 2 is 1.55 bits per heavy atom. The number of nitrogens with zero attached hydrogens (tertiary/aromatic N) is 1. The van der Waals surface area contributed by atoms with E-state index in [0.29, 0.717) is 25.1 Å². The molecule has 0 aliphatic heterocycles. The molecule has 3 aromatic rings. The molecule has 0 atom stereocenters. The van der Waals surface area contributed by atoms with E-state index in [4.69, 9.17) is 0 Å². The van der Waals surface area contributed by atoms with Crippen LogP contribution in [0.3, 0.4) is 0 Å². The molecule has 1 amide bonds. The van der Waals surface area contributed by atoms with Crippen LogP contribution < -0.4 is 9.62 Å². The molecule has 0 spiro atoms. The van der Waals surface area contributed by atoms with Gasteiger partial charge in [0, 0.05) is 6.54 Å². The lowest BCUT2D eigenvalue weighted by Gasteiger charge is -2.26. The fourth-order valence-corrected chi connectivity index (χ4v) is 4.96. The van der Waals surface area contributed by atoms with Crippen LogP contribution in [0.5, 0.6) is 0 Å². The number of carbonyl (C=O) groups excluding carboxylic acids is 1. The number of rotatable bonds is 9. The van der Waals surface area contributed by atoms with Gasteiger partial charge in [0.25, 0.3) is 10.0 Å². The van der Waals surface area contributed by atoms with Gasteiger partial charge < -0.3 is 5.32 Å². The first-order valence-corrected chi connectivity index (χ1v) is 12.3.